The van der Waals surface area contributed by atoms with Crippen molar-refractivity contribution in [3.05, 3.63) is 71.3 Å². The number of benzene rings is 2. The molecule has 0 aromatic heterocycles. The van der Waals surface area contributed by atoms with Crippen molar-refractivity contribution in [2.75, 3.05) is 0 Å². The van der Waals surface area contributed by atoms with Gasteiger partial charge in [0.25, 0.3) is 5.91 Å². The number of aryl methyl sites for hydroxylation is 1. The molecule has 2 N–H and O–H groups in total. The summed E-state index contributed by atoms with van der Waals surface area (Å²) in [5.74, 6) is 0.203. The average molecular weight is 283 g/mol. The van der Waals surface area contributed by atoms with Crippen LogP contribution < -0.4 is 10.2 Å². The number of ether oxygens (including phenoxy) is 1. The summed E-state index contributed by atoms with van der Waals surface area (Å²) in [5.41, 5.74) is 4.73. The molecule has 0 bridgehead atoms. The topological polar surface area (TPSA) is 58.6 Å². The third-order valence-electron chi connectivity index (χ3n) is 2.94. The first-order valence-corrected chi connectivity index (χ1v) is 6.58. The first-order valence-electron chi connectivity index (χ1n) is 6.58. The van der Waals surface area contributed by atoms with E-state index in [9.17, 15) is 4.79 Å². The van der Waals surface area contributed by atoms with Gasteiger partial charge in [0, 0.05) is 6.08 Å². The zero-order chi connectivity index (χ0) is 15.1. The minimum absolute atomic E-state index is 0.516. The number of rotatable bonds is 5. The molecule has 4 nitrogen and oxygen atoms in total. The predicted octanol–water partition coefficient (Wildman–Crippen LogP) is 3.09. The van der Waals surface area contributed by atoms with E-state index in [0.717, 1.165) is 16.9 Å². The normalized spacial score (nSPS) is 10.6. The fraction of sp³-hybridized carbons (Fsp3) is 0.118. The van der Waals surface area contributed by atoms with Crippen LogP contribution in [-0.2, 0) is 11.4 Å². The van der Waals surface area contributed by atoms with Crippen molar-refractivity contribution in [3.63, 3.8) is 0 Å². The van der Waals surface area contributed by atoms with Gasteiger partial charge in [0.1, 0.15) is 12.4 Å². The first-order chi connectivity index (χ1) is 10.2. The molecule has 1 amide bonds. The molecule has 0 aliphatic rings. The van der Waals surface area contributed by atoms with Crippen molar-refractivity contribution in [2.24, 2.45) is 0 Å². The third kappa shape index (κ3) is 4.78. The average Bonchev–Trinajstić information content (AvgIpc) is 2.53. The van der Waals surface area contributed by atoms with Crippen LogP contribution in [0, 0.1) is 6.92 Å². The molecular formula is C17H17NO3. The Morgan fingerprint density at radius 1 is 1.14 bits per heavy atom. The fourth-order valence-electron chi connectivity index (χ4n) is 1.74. The Morgan fingerprint density at radius 3 is 2.43 bits per heavy atom. The second-order valence-electron chi connectivity index (χ2n) is 4.65. The Bertz CT molecular complexity index is 615. The lowest BCUT2D eigenvalue weighted by Gasteiger charge is -2.06. The summed E-state index contributed by atoms with van der Waals surface area (Å²) in [6.45, 7) is 2.57. The van der Waals surface area contributed by atoms with E-state index < -0.39 is 5.91 Å². The van der Waals surface area contributed by atoms with Gasteiger partial charge in [-0.3, -0.25) is 10.0 Å². The van der Waals surface area contributed by atoms with E-state index in [1.807, 2.05) is 43.3 Å². The molecule has 0 radical (unpaired) electrons. The van der Waals surface area contributed by atoms with Gasteiger partial charge in [-0.25, -0.2) is 5.48 Å². The number of nitrogens with one attached hydrogen (secondary N) is 1. The number of amides is 1. The molecule has 0 saturated carbocycles. The summed E-state index contributed by atoms with van der Waals surface area (Å²) < 4.78 is 5.69. The molecule has 0 aliphatic heterocycles. The Morgan fingerprint density at radius 2 is 1.81 bits per heavy atom. The first kappa shape index (κ1) is 14.8. The molecule has 2 aromatic rings. The minimum Gasteiger partial charge on any atom is -0.489 e. The van der Waals surface area contributed by atoms with Crippen LogP contribution in [0.25, 0.3) is 6.08 Å². The van der Waals surface area contributed by atoms with Crippen LogP contribution in [-0.4, -0.2) is 11.1 Å². The molecule has 0 unspecified atom stereocenters. The maximum absolute atomic E-state index is 10.9. The van der Waals surface area contributed by atoms with Gasteiger partial charge in [-0.1, -0.05) is 42.0 Å². The summed E-state index contributed by atoms with van der Waals surface area (Å²) in [5, 5.41) is 8.38. The highest BCUT2D eigenvalue weighted by molar-refractivity contribution is 5.90. The van der Waals surface area contributed by atoms with Crippen molar-refractivity contribution in [2.45, 2.75) is 13.5 Å². The fourth-order valence-corrected chi connectivity index (χ4v) is 1.74. The maximum Gasteiger partial charge on any atom is 0.267 e. The van der Waals surface area contributed by atoms with Crippen LogP contribution in [0.1, 0.15) is 16.7 Å². The number of hydrogen-bond acceptors (Lipinski definition) is 3. The van der Waals surface area contributed by atoms with Gasteiger partial charge in [-0.2, -0.15) is 0 Å². The van der Waals surface area contributed by atoms with E-state index in [1.165, 1.54) is 17.1 Å². The molecule has 108 valence electrons. The van der Waals surface area contributed by atoms with E-state index in [2.05, 4.69) is 12.1 Å². The number of carbonyl (C=O) groups excluding carboxylic acids is 1. The Labute approximate surface area is 123 Å². The molecule has 0 atom stereocenters. The van der Waals surface area contributed by atoms with Crippen LogP contribution in [0.5, 0.6) is 5.75 Å². The highest BCUT2D eigenvalue weighted by atomic mass is 16.5. The minimum atomic E-state index is -0.560. The molecule has 0 aliphatic carbocycles. The van der Waals surface area contributed by atoms with Crippen molar-refractivity contribution in [3.8, 4) is 5.75 Å². The highest BCUT2D eigenvalue weighted by Crippen LogP contribution is 2.15. The van der Waals surface area contributed by atoms with Crippen LogP contribution in [0.4, 0.5) is 0 Å². The van der Waals surface area contributed by atoms with Crippen molar-refractivity contribution in [1.29, 1.82) is 0 Å². The van der Waals surface area contributed by atoms with Gasteiger partial charge >= 0.3 is 0 Å². The summed E-state index contributed by atoms with van der Waals surface area (Å²) >= 11 is 0. The highest BCUT2D eigenvalue weighted by Gasteiger charge is 1.97. The molecule has 4 heteroatoms. The maximum atomic E-state index is 10.9. The molecule has 0 saturated heterocycles. The Kier molecular flexibility index (Phi) is 5.12. The largest absolute Gasteiger partial charge is 0.489 e. The summed E-state index contributed by atoms with van der Waals surface area (Å²) in [7, 11) is 0. The van der Waals surface area contributed by atoms with Gasteiger partial charge in [-0.15, -0.1) is 0 Å². The van der Waals surface area contributed by atoms with E-state index in [0.29, 0.717) is 6.61 Å². The van der Waals surface area contributed by atoms with Gasteiger partial charge < -0.3 is 4.74 Å². The summed E-state index contributed by atoms with van der Waals surface area (Å²) in [4.78, 5) is 10.9. The monoisotopic (exact) mass is 283 g/mol. The van der Waals surface area contributed by atoms with Gasteiger partial charge in [-0.05, 0) is 36.3 Å². The van der Waals surface area contributed by atoms with Crippen molar-refractivity contribution >= 4 is 12.0 Å². The van der Waals surface area contributed by atoms with Crippen molar-refractivity contribution in [1.82, 2.24) is 5.48 Å². The molecule has 0 fully saturated rings. The zero-order valence-corrected chi connectivity index (χ0v) is 11.7. The lowest BCUT2D eigenvalue weighted by atomic mass is 10.2. The quantitative estimate of drug-likeness (QED) is 0.503. The number of hydroxylamine groups is 1. The molecule has 2 rings (SSSR count). The predicted molar refractivity (Wildman–Crippen MR) is 80.9 cm³/mol. The molecule has 0 heterocycles. The molecular weight excluding hydrogens is 266 g/mol. The summed E-state index contributed by atoms with van der Waals surface area (Å²) in [6, 6.07) is 15.5. The van der Waals surface area contributed by atoms with E-state index in [-0.39, 0.29) is 0 Å². The Hall–Kier alpha value is -2.59. The number of hydrogen-bond donors (Lipinski definition) is 2. The van der Waals surface area contributed by atoms with Crippen LogP contribution >= 0.6 is 0 Å². The smallest absolute Gasteiger partial charge is 0.267 e. The molecule has 0 spiro atoms. The van der Waals surface area contributed by atoms with E-state index >= 15 is 0 Å². The lowest BCUT2D eigenvalue weighted by molar-refractivity contribution is -0.124. The van der Waals surface area contributed by atoms with Gasteiger partial charge in [0.2, 0.25) is 0 Å². The Balaban J connectivity index is 1.91. The van der Waals surface area contributed by atoms with E-state index in [1.54, 1.807) is 6.08 Å². The third-order valence-corrected chi connectivity index (χ3v) is 2.94. The SMILES string of the molecule is Cc1ccc(COc2ccc(/C=C/C(=O)NO)cc2)cc1. The number of carbonyl (C=O) groups is 1. The van der Waals surface area contributed by atoms with Gasteiger partial charge in [0.05, 0.1) is 0 Å². The van der Waals surface area contributed by atoms with E-state index in [4.69, 9.17) is 9.94 Å². The molecule has 21 heavy (non-hydrogen) atoms. The summed E-state index contributed by atoms with van der Waals surface area (Å²) in [6.07, 6.45) is 2.86. The second kappa shape index (κ2) is 7.26. The van der Waals surface area contributed by atoms with Crippen LogP contribution in [0.15, 0.2) is 54.6 Å². The van der Waals surface area contributed by atoms with Crippen molar-refractivity contribution < 1.29 is 14.7 Å². The van der Waals surface area contributed by atoms with Gasteiger partial charge in [0.15, 0.2) is 0 Å². The standard InChI is InChI=1S/C17H17NO3/c1-13-2-4-15(5-3-13)12-21-16-9-6-14(7-10-16)8-11-17(19)18-20/h2-11,20H,12H2,1H3,(H,18,19)/b11-8+. The van der Waals surface area contributed by atoms with Crippen LogP contribution in [0.2, 0.25) is 0 Å². The van der Waals surface area contributed by atoms with Crippen LogP contribution in [0.3, 0.4) is 0 Å². The lowest BCUT2D eigenvalue weighted by Crippen LogP contribution is -2.14. The second-order valence-corrected chi connectivity index (χ2v) is 4.65. The zero-order valence-electron chi connectivity index (χ0n) is 11.7. The molecule has 2 aromatic carbocycles.